The number of aromatic nitrogens is 1. The summed E-state index contributed by atoms with van der Waals surface area (Å²) in [7, 11) is 0. The first-order chi connectivity index (χ1) is 8.51. The minimum atomic E-state index is -0.965. The molecule has 4 nitrogen and oxygen atoms in total. The molecule has 18 heavy (non-hydrogen) atoms. The first kappa shape index (κ1) is 14.0. The van der Waals surface area contributed by atoms with Gasteiger partial charge < -0.3 is 10.0 Å². The molecule has 0 unspecified atom stereocenters. The van der Waals surface area contributed by atoms with E-state index < -0.39 is 5.97 Å². The van der Waals surface area contributed by atoms with Gasteiger partial charge >= 0.3 is 5.97 Å². The summed E-state index contributed by atoms with van der Waals surface area (Å²) < 4.78 is 0. The minimum absolute atomic E-state index is 0.240. The Hall–Kier alpha value is -2.02. The molecule has 0 aliphatic carbocycles. The van der Waals surface area contributed by atoms with Gasteiger partial charge in [0.25, 0.3) is 0 Å². The number of carboxylic acids is 1. The minimum Gasteiger partial charge on any atom is -0.478 e. The summed E-state index contributed by atoms with van der Waals surface area (Å²) in [5, 5.41) is 9.30. The van der Waals surface area contributed by atoms with Crippen molar-refractivity contribution >= 4 is 11.8 Å². The van der Waals surface area contributed by atoms with Crippen molar-refractivity contribution in [2.24, 2.45) is 0 Å². The van der Waals surface area contributed by atoms with Gasteiger partial charge in [-0.05, 0) is 31.9 Å². The van der Waals surface area contributed by atoms with Crippen LogP contribution in [-0.2, 0) is 0 Å². The zero-order chi connectivity index (χ0) is 13.7. The summed E-state index contributed by atoms with van der Waals surface area (Å²) in [6.45, 7) is 6.71. The van der Waals surface area contributed by atoms with Crippen LogP contribution in [0, 0.1) is 26.2 Å². The lowest BCUT2D eigenvalue weighted by molar-refractivity contribution is 0.0696. The normalized spacial score (nSPS) is 9.89. The van der Waals surface area contributed by atoms with Crippen LogP contribution in [0.5, 0.6) is 0 Å². The second-order valence-corrected chi connectivity index (χ2v) is 4.21. The van der Waals surface area contributed by atoms with Gasteiger partial charge in [-0.25, -0.2) is 9.78 Å². The molecule has 0 aromatic carbocycles. The third-order valence-electron chi connectivity index (χ3n) is 2.61. The van der Waals surface area contributed by atoms with Gasteiger partial charge in [-0.1, -0.05) is 12.8 Å². The van der Waals surface area contributed by atoms with Gasteiger partial charge in [0.1, 0.15) is 11.4 Å². The van der Waals surface area contributed by atoms with Crippen molar-refractivity contribution in [2.75, 3.05) is 18.0 Å². The van der Waals surface area contributed by atoms with Crippen LogP contribution >= 0.6 is 0 Å². The summed E-state index contributed by atoms with van der Waals surface area (Å²) in [4.78, 5) is 17.5. The number of hydrogen-bond donors (Lipinski definition) is 1. The predicted octanol–water partition coefficient (Wildman–Crippen LogP) is 2.25. The first-order valence-electron chi connectivity index (χ1n) is 5.91. The fraction of sp³-hybridized carbons (Fsp3) is 0.429. The number of carbonyl (C=O) groups is 1. The van der Waals surface area contributed by atoms with E-state index in [4.69, 9.17) is 6.42 Å². The Morgan fingerprint density at radius 1 is 1.56 bits per heavy atom. The molecule has 0 atom stereocenters. The summed E-state index contributed by atoms with van der Waals surface area (Å²) in [6, 6.07) is 1.77. The number of hydrogen-bond acceptors (Lipinski definition) is 3. The summed E-state index contributed by atoms with van der Waals surface area (Å²) in [5.74, 6) is 2.06. The summed E-state index contributed by atoms with van der Waals surface area (Å²) >= 11 is 0. The Morgan fingerprint density at radius 3 is 2.72 bits per heavy atom. The number of nitrogens with zero attached hydrogens (tertiary/aromatic N) is 2. The molecule has 4 heteroatoms. The maximum atomic E-state index is 11.3. The zero-order valence-electron chi connectivity index (χ0n) is 11.0. The number of carboxylic acid groups (broad SMARTS) is 1. The fourth-order valence-corrected chi connectivity index (χ4v) is 1.95. The lowest BCUT2D eigenvalue weighted by atomic mass is 10.1. The molecular weight excluding hydrogens is 228 g/mol. The van der Waals surface area contributed by atoms with Crippen LogP contribution in [-0.4, -0.2) is 29.1 Å². The zero-order valence-corrected chi connectivity index (χ0v) is 11.0. The fourth-order valence-electron chi connectivity index (χ4n) is 1.95. The van der Waals surface area contributed by atoms with Crippen molar-refractivity contribution in [2.45, 2.75) is 27.2 Å². The van der Waals surface area contributed by atoms with Crippen LogP contribution in [0.3, 0.4) is 0 Å². The SMILES string of the molecule is C#CCN(CCC)c1nc(C)cc(C)c1C(=O)O. The highest BCUT2D eigenvalue weighted by Gasteiger charge is 2.19. The van der Waals surface area contributed by atoms with Crippen LogP contribution in [0.25, 0.3) is 0 Å². The largest absolute Gasteiger partial charge is 0.478 e. The van der Waals surface area contributed by atoms with Crippen molar-refractivity contribution in [1.82, 2.24) is 4.98 Å². The molecule has 1 aromatic heterocycles. The van der Waals surface area contributed by atoms with Crippen LogP contribution in [0.2, 0.25) is 0 Å². The van der Waals surface area contributed by atoms with Gasteiger partial charge in [-0.2, -0.15) is 0 Å². The monoisotopic (exact) mass is 246 g/mol. The quantitative estimate of drug-likeness (QED) is 0.810. The Labute approximate surface area is 108 Å². The van der Waals surface area contributed by atoms with E-state index in [9.17, 15) is 9.90 Å². The van der Waals surface area contributed by atoms with Gasteiger partial charge in [0.2, 0.25) is 0 Å². The van der Waals surface area contributed by atoms with Gasteiger partial charge in [0.05, 0.1) is 6.54 Å². The van der Waals surface area contributed by atoms with Gasteiger partial charge in [0.15, 0.2) is 0 Å². The van der Waals surface area contributed by atoms with Crippen molar-refractivity contribution < 1.29 is 9.90 Å². The van der Waals surface area contributed by atoms with E-state index in [0.717, 1.165) is 12.1 Å². The van der Waals surface area contributed by atoms with E-state index in [-0.39, 0.29) is 5.56 Å². The second kappa shape index (κ2) is 6.06. The van der Waals surface area contributed by atoms with Crippen molar-refractivity contribution in [1.29, 1.82) is 0 Å². The molecule has 0 saturated carbocycles. The van der Waals surface area contributed by atoms with E-state index in [2.05, 4.69) is 10.9 Å². The molecule has 1 rings (SSSR count). The Balaban J connectivity index is 3.35. The van der Waals surface area contributed by atoms with Crippen LogP contribution in [0.15, 0.2) is 6.07 Å². The van der Waals surface area contributed by atoms with E-state index in [0.29, 0.717) is 24.5 Å². The molecule has 1 heterocycles. The number of terminal acetylenes is 1. The van der Waals surface area contributed by atoms with E-state index in [1.54, 1.807) is 13.0 Å². The van der Waals surface area contributed by atoms with E-state index in [1.807, 2.05) is 18.7 Å². The summed E-state index contributed by atoms with van der Waals surface area (Å²) in [6.07, 6.45) is 6.22. The number of pyridine rings is 1. The van der Waals surface area contributed by atoms with Crippen LogP contribution in [0.1, 0.15) is 35.0 Å². The number of anilines is 1. The Morgan fingerprint density at radius 2 is 2.22 bits per heavy atom. The lowest BCUT2D eigenvalue weighted by Crippen LogP contribution is -2.28. The van der Waals surface area contributed by atoms with Crippen molar-refractivity contribution in [3.05, 3.63) is 22.9 Å². The molecule has 0 spiro atoms. The standard InChI is InChI=1S/C14H18N2O2/c1-5-7-16(8-6-2)13-12(14(17)18)10(3)9-11(4)15-13/h1,9H,6-8H2,2-4H3,(H,17,18). The maximum absolute atomic E-state index is 11.3. The number of aryl methyl sites for hydroxylation is 2. The van der Waals surface area contributed by atoms with Crippen molar-refractivity contribution in [3.8, 4) is 12.3 Å². The highest BCUT2D eigenvalue weighted by Crippen LogP contribution is 2.22. The lowest BCUT2D eigenvalue weighted by Gasteiger charge is -2.23. The number of aromatic carboxylic acids is 1. The molecular formula is C14H18N2O2. The highest BCUT2D eigenvalue weighted by molar-refractivity contribution is 5.95. The summed E-state index contributed by atoms with van der Waals surface area (Å²) in [5.41, 5.74) is 1.75. The van der Waals surface area contributed by atoms with Crippen LogP contribution < -0.4 is 4.90 Å². The van der Waals surface area contributed by atoms with Gasteiger partial charge in [-0.15, -0.1) is 6.42 Å². The molecule has 0 amide bonds. The third kappa shape index (κ3) is 3.01. The van der Waals surface area contributed by atoms with Gasteiger partial charge in [-0.3, -0.25) is 0 Å². The van der Waals surface area contributed by atoms with Crippen molar-refractivity contribution in [3.63, 3.8) is 0 Å². The molecule has 96 valence electrons. The topological polar surface area (TPSA) is 53.4 Å². The average molecular weight is 246 g/mol. The van der Waals surface area contributed by atoms with Crippen LogP contribution in [0.4, 0.5) is 5.82 Å². The second-order valence-electron chi connectivity index (χ2n) is 4.21. The average Bonchev–Trinajstić information content (AvgIpc) is 2.26. The Kier molecular flexibility index (Phi) is 4.73. The third-order valence-corrected chi connectivity index (χ3v) is 2.61. The molecule has 1 aromatic rings. The molecule has 0 fully saturated rings. The maximum Gasteiger partial charge on any atom is 0.339 e. The molecule has 0 radical (unpaired) electrons. The first-order valence-corrected chi connectivity index (χ1v) is 5.91. The Bertz CT molecular complexity index is 489. The molecule has 0 bridgehead atoms. The highest BCUT2D eigenvalue weighted by atomic mass is 16.4. The number of rotatable bonds is 5. The van der Waals surface area contributed by atoms with E-state index >= 15 is 0 Å². The van der Waals surface area contributed by atoms with E-state index in [1.165, 1.54) is 0 Å². The molecule has 0 saturated heterocycles. The van der Waals surface area contributed by atoms with Gasteiger partial charge in [0, 0.05) is 12.2 Å². The molecule has 1 N–H and O–H groups in total. The predicted molar refractivity (Wildman–Crippen MR) is 72.0 cm³/mol. The molecule has 0 aliphatic heterocycles. The molecule has 0 aliphatic rings. The smallest absolute Gasteiger partial charge is 0.339 e.